The Kier molecular flexibility index (Phi) is 7.53. The zero-order valence-electron chi connectivity index (χ0n) is 23.2. The Balaban J connectivity index is 1.50. The number of anilines is 1. The van der Waals surface area contributed by atoms with Gasteiger partial charge in [0.15, 0.2) is 5.11 Å². The third-order valence-electron chi connectivity index (χ3n) is 7.53. The highest BCUT2D eigenvalue weighted by molar-refractivity contribution is 7.80. The number of hydrogen-bond acceptors (Lipinski definition) is 3. The van der Waals surface area contributed by atoms with Gasteiger partial charge in [-0.25, -0.2) is 0 Å². The first-order valence-electron chi connectivity index (χ1n) is 13.3. The second kappa shape index (κ2) is 11.0. The molecule has 5 rings (SSSR count). The number of nitrogens with one attached hydrogen (secondary N) is 2. The number of nitrogens with zero attached hydrogens (tertiary/aromatic N) is 3. The number of rotatable bonds is 7. The van der Waals surface area contributed by atoms with Crippen LogP contribution in [-0.2, 0) is 4.79 Å². The van der Waals surface area contributed by atoms with Crippen LogP contribution in [-0.4, -0.2) is 32.0 Å². The van der Waals surface area contributed by atoms with Gasteiger partial charge in [0, 0.05) is 36.2 Å². The SMILES string of the molecule is Cc1cccc(NC(=O)CCN2C(=S)N[C@H](c3ccccn3)[C@H]2c2cc(C)n(-c3c(C)cccc3C)c2C)c1. The van der Waals surface area contributed by atoms with Crippen molar-refractivity contribution in [1.82, 2.24) is 19.8 Å². The monoisotopic (exact) mass is 537 g/mol. The lowest BCUT2D eigenvalue weighted by Crippen LogP contribution is -2.32. The molecule has 39 heavy (non-hydrogen) atoms. The molecule has 2 N–H and O–H groups in total. The molecule has 2 aromatic carbocycles. The molecule has 7 heteroatoms. The summed E-state index contributed by atoms with van der Waals surface area (Å²) in [7, 11) is 0. The van der Waals surface area contributed by atoms with Gasteiger partial charge in [0.05, 0.1) is 23.5 Å². The van der Waals surface area contributed by atoms with Crippen LogP contribution in [0.15, 0.2) is 72.9 Å². The summed E-state index contributed by atoms with van der Waals surface area (Å²) in [4.78, 5) is 19.8. The molecular weight excluding hydrogens is 502 g/mol. The van der Waals surface area contributed by atoms with E-state index in [2.05, 4.69) is 77.0 Å². The van der Waals surface area contributed by atoms with E-state index in [1.807, 2.05) is 55.6 Å². The molecule has 0 spiro atoms. The number of benzene rings is 2. The van der Waals surface area contributed by atoms with E-state index in [1.165, 1.54) is 22.4 Å². The van der Waals surface area contributed by atoms with Crippen LogP contribution < -0.4 is 10.6 Å². The minimum Gasteiger partial charge on any atom is -0.352 e. The molecule has 0 unspecified atom stereocenters. The molecule has 2 aromatic heterocycles. The second-order valence-electron chi connectivity index (χ2n) is 10.4. The van der Waals surface area contributed by atoms with Crippen LogP contribution in [0.5, 0.6) is 0 Å². The lowest BCUT2D eigenvalue weighted by Gasteiger charge is -2.28. The molecule has 0 bridgehead atoms. The largest absolute Gasteiger partial charge is 0.352 e. The van der Waals surface area contributed by atoms with Gasteiger partial charge in [-0.2, -0.15) is 0 Å². The highest BCUT2D eigenvalue weighted by Crippen LogP contribution is 2.42. The summed E-state index contributed by atoms with van der Waals surface area (Å²) in [6.45, 7) is 11.1. The number of thiocarbonyl (C=S) groups is 1. The van der Waals surface area contributed by atoms with Crippen molar-refractivity contribution in [3.8, 4) is 5.69 Å². The Labute approximate surface area is 236 Å². The number of aromatic nitrogens is 2. The summed E-state index contributed by atoms with van der Waals surface area (Å²) in [5.41, 5.74) is 10.0. The molecule has 3 heterocycles. The fourth-order valence-corrected chi connectivity index (χ4v) is 6.07. The van der Waals surface area contributed by atoms with Gasteiger partial charge >= 0.3 is 0 Å². The summed E-state index contributed by atoms with van der Waals surface area (Å²) in [5, 5.41) is 7.19. The average molecular weight is 538 g/mol. The number of amides is 1. The molecule has 0 saturated carbocycles. The van der Waals surface area contributed by atoms with Crippen LogP contribution >= 0.6 is 12.2 Å². The number of aryl methyl sites for hydroxylation is 4. The molecule has 1 aliphatic heterocycles. The van der Waals surface area contributed by atoms with E-state index >= 15 is 0 Å². The number of carbonyl (C=O) groups excluding carboxylic acids is 1. The van der Waals surface area contributed by atoms with E-state index in [9.17, 15) is 4.79 Å². The molecule has 1 amide bonds. The quantitative estimate of drug-likeness (QED) is 0.267. The first-order valence-corrected chi connectivity index (χ1v) is 13.8. The summed E-state index contributed by atoms with van der Waals surface area (Å²) >= 11 is 5.86. The average Bonchev–Trinajstić information content (AvgIpc) is 3.38. The lowest BCUT2D eigenvalue weighted by molar-refractivity contribution is -0.116. The van der Waals surface area contributed by atoms with Crippen LogP contribution in [0.25, 0.3) is 5.69 Å². The van der Waals surface area contributed by atoms with E-state index in [0.717, 1.165) is 28.3 Å². The summed E-state index contributed by atoms with van der Waals surface area (Å²) in [6, 6.07) is 22.2. The van der Waals surface area contributed by atoms with E-state index in [-0.39, 0.29) is 18.0 Å². The van der Waals surface area contributed by atoms with Crippen LogP contribution in [0, 0.1) is 34.6 Å². The molecule has 1 aliphatic rings. The van der Waals surface area contributed by atoms with E-state index in [4.69, 9.17) is 12.2 Å². The van der Waals surface area contributed by atoms with Crippen molar-refractivity contribution in [3.63, 3.8) is 0 Å². The zero-order valence-corrected chi connectivity index (χ0v) is 24.0. The predicted molar refractivity (Wildman–Crippen MR) is 161 cm³/mol. The summed E-state index contributed by atoms with van der Waals surface area (Å²) in [6.07, 6.45) is 2.13. The molecule has 0 radical (unpaired) electrons. The zero-order chi connectivity index (χ0) is 27.7. The van der Waals surface area contributed by atoms with Crippen molar-refractivity contribution in [2.45, 2.75) is 53.1 Å². The third kappa shape index (κ3) is 5.32. The molecule has 4 aromatic rings. The molecular formula is C32H35N5OS. The third-order valence-corrected chi connectivity index (χ3v) is 7.88. The van der Waals surface area contributed by atoms with E-state index < -0.39 is 0 Å². The molecule has 2 atom stereocenters. The molecule has 0 aliphatic carbocycles. The summed E-state index contributed by atoms with van der Waals surface area (Å²) in [5.74, 6) is -0.0376. The fraction of sp³-hybridized carbons (Fsp3) is 0.281. The molecule has 200 valence electrons. The first kappa shape index (κ1) is 26.6. The number of hydrogen-bond donors (Lipinski definition) is 2. The lowest BCUT2D eigenvalue weighted by atomic mass is 9.96. The minimum absolute atomic E-state index is 0.0376. The Hall–Kier alpha value is -3.97. The van der Waals surface area contributed by atoms with Gasteiger partial charge < -0.3 is 20.1 Å². The van der Waals surface area contributed by atoms with Gasteiger partial charge in [-0.15, -0.1) is 0 Å². The normalized spacial score (nSPS) is 16.8. The van der Waals surface area contributed by atoms with Crippen molar-refractivity contribution in [3.05, 3.63) is 112 Å². The maximum atomic E-state index is 12.9. The van der Waals surface area contributed by atoms with Crippen LogP contribution in [0.4, 0.5) is 5.69 Å². The minimum atomic E-state index is -0.134. The highest BCUT2D eigenvalue weighted by atomic mass is 32.1. The maximum Gasteiger partial charge on any atom is 0.226 e. The van der Waals surface area contributed by atoms with Crippen molar-refractivity contribution >= 4 is 28.9 Å². The maximum absolute atomic E-state index is 12.9. The molecule has 1 fully saturated rings. The van der Waals surface area contributed by atoms with Crippen molar-refractivity contribution in [2.75, 3.05) is 11.9 Å². The van der Waals surface area contributed by atoms with Crippen molar-refractivity contribution in [1.29, 1.82) is 0 Å². The Bertz CT molecular complexity index is 1510. The standard InChI is InChI=1S/C32H35N5OS/c1-20-10-8-13-25(18-20)34-28(38)15-17-36-31(29(35-32(36)39)27-14-6-7-16-33-27)26-19-23(4)37(24(26)5)30-21(2)11-9-12-22(30)3/h6-14,16,18-19,29,31H,15,17H2,1-5H3,(H,34,38)(H,35,39)/t29-,31-/m1/s1. The highest BCUT2D eigenvalue weighted by Gasteiger charge is 2.41. The van der Waals surface area contributed by atoms with Gasteiger partial charge in [0.1, 0.15) is 0 Å². The number of para-hydroxylation sites is 1. The van der Waals surface area contributed by atoms with Crippen LogP contribution in [0.1, 0.15) is 57.8 Å². The fourth-order valence-electron chi connectivity index (χ4n) is 5.74. The second-order valence-corrected chi connectivity index (χ2v) is 10.8. The van der Waals surface area contributed by atoms with Gasteiger partial charge in [0.2, 0.25) is 5.91 Å². The predicted octanol–water partition coefficient (Wildman–Crippen LogP) is 6.42. The smallest absolute Gasteiger partial charge is 0.226 e. The van der Waals surface area contributed by atoms with Crippen molar-refractivity contribution in [2.24, 2.45) is 0 Å². The molecule has 1 saturated heterocycles. The first-order chi connectivity index (χ1) is 18.7. The van der Waals surface area contributed by atoms with Crippen molar-refractivity contribution < 1.29 is 4.79 Å². The van der Waals surface area contributed by atoms with Gasteiger partial charge in [-0.3, -0.25) is 9.78 Å². The van der Waals surface area contributed by atoms with Crippen LogP contribution in [0.2, 0.25) is 0 Å². The molecule has 6 nitrogen and oxygen atoms in total. The van der Waals surface area contributed by atoms with E-state index in [1.54, 1.807) is 0 Å². The topological polar surface area (TPSA) is 62.2 Å². The Morgan fingerprint density at radius 1 is 0.974 bits per heavy atom. The van der Waals surface area contributed by atoms with Gasteiger partial charge in [-0.05, 0) is 99.4 Å². The summed E-state index contributed by atoms with van der Waals surface area (Å²) < 4.78 is 2.35. The number of carbonyl (C=O) groups is 1. The number of pyridine rings is 1. The van der Waals surface area contributed by atoms with Gasteiger partial charge in [0.25, 0.3) is 0 Å². The Morgan fingerprint density at radius 2 is 1.72 bits per heavy atom. The van der Waals surface area contributed by atoms with E-state index in [0.29, 0.717) is 18.1 Å². The van der Waals surface area contributed by atoms with Gasteiger partial charge in [-0.1, -0.05) is 36.4 Å². The Morgan fingerprint density at radius 3 is 2.41 bits per heavy atom. The van der Waals surface area contributed by atoms with Crippen LogP contribution in [0.3, 0.4) is 0 Å².